The number of nitrogens with zero attached hydrogens (tertiary/aromatic N) is 1. The van der Waals surface area contributed by atoms with Gasteiger partial charge >= 0.3 is 0 Å². The van der Waals surface area contributed by atoms with E-state index in [9.17, 15) is 0 Å². The fourth-order valence-electron chi connectivity index (χ4n) is 1.99. The summed E-state index contributed by atoms with van der Waals surface area (Å²) in [6, 6.07) is 14.8. The molecule has 0 spiro atoms. The quantitative estimate of drug-likeness (QED) is 0.752. The average molecular weight is 225 g/mol. The molecule has 0 saturated carbocycles. The Kier molecular flexibility index (Phi) is 3.58. The van der Waals surface area contributed by atoms with E-state index in [4.69, 9.17) is 4.98 Å². The van der Waals surface area contributed by atoms with Crippen molar-refractivity contribution in [1.29, 1.82) is 0 Å². The number of hydrogen-bond donors (Lipinski definition) is 0. The summed E-state index contributed by atoms with van der Waals surface area (Å²) in [7, 11) is 0. The summed E-state index contributed by atoms with van der Waals surface area (Å²) in [5, 5.41) is 0. The molecule has 1 aromatic heterocycles. The second kappa shape index (κ2) is 5.13. The lowest BCUT2D eigenvalue weighted by molar-refractivity contribution is 0.808. The van der Waals surface area contributed by atoms with Crippen molar-refractivity contribution in [3.63, 3.8) is 0 Å². The number of pyridine rings is 1. The molecular weight excluding hydrogens is 206 g/mol. The van der Waals surface area contributed by atoms with Gasteiger partial charge in [-0.25, -0.2) is 0 Å². The highest BCUT2D eigenvalue weighted by atomic mass is 14.7. The van der Waals surface area contributed by atoms with Gasteiger partial charge in [-0.2, -0.15) is 0 Å². The standard InChI is InChI=1S/C16H19N/c1-4-15-14(13-8-6-5-7-9-13)10-11-16(17-15)12(2)3/h5-12H,4H2,1-3H3. The van der Waals surface area contributed by atoms with Crippen LogP contribution in [0, 0.1) is 0 Å². The lowest BCUT2D eigenvalue weighted by Crippen LogP contribution is -1.99. The van der Waals surface area contributed by atoms with Crippen molar-refractivity contribution in [2.75, 3.05) is 0 Å². The molecule has 0 bridgehead atoms. The van der Waals surface area contributed by atoms with Crippen LogP contribution in [0.25, 0.3) is 11.1 Å². The predicted octanol–water partition coefficient (Wildman–Crippen LogP) is 4.43. The van der Waals surface area contributed by atoms with Crippen molar-refractivity contribution in [3.05, 3.63) is 53.9 Å². The molecular formula is C16H19N. The van der Waals surface area contributed by atoms with Crippen LogP contribution in [0.5, 0.6) is 0 Å². The highest BCUT2D eigenvalue weighted by Crippen LogP contribution is 2.24. The normalized spacial score (nSPS) is 10.8. The zero-order chi connectivity index (χ0) is 12.3. The molecule has 17 heavy (non-hydrogen) atoms. The molecule has 0 aliphatic carbocycles. The first-order valence-corrected chi connectivity index (χ1v) is 6.27. The smallest absolute Gasteiger partial charge is 0.0482 e. The van der Waals surface area contributed by atoms with Gasteiger partial charge < -0.3 is 0 Å². The van der Waals surface area contributed by atoms with E-state index in [1.165, 1.54) is 22.5 Å². The van der Waals surface area contributed by atoms with Gasteiger partial charge in [0, 0.05) is 17.0 Å². The van der Waals surface area contributed by atoms with Crippen LogP contribution < -0.4 is 0 Å². The Balaban J connectivity index is 2.49. The van der Waals surface area contributed by atoms with Crippen molar-refractivity contribution in [2.24, 2.45) is 0 Å². The number of rotatable bonds is 3. The van der Waals surface area contributed by atoms with E-state index in [0.29, 0.717) is 5.92 Å². The van der Waals surface area contributed by atoms with Gasteiger partial charge in [-0.1, -0.05) is 57.2 Å². The first kappa shape index (κ1) is 11.8. The molecule has 0 unspecified atom stereocenters. The summed E-state index contributed by atoms with van der Waals surface area (Å²) in [6.45, 7) is 6.53. The minimum absolute atomic E-state index is 0.491. The number of hydrogen-bond acceptors (Lipinski definition) is 1. The van der Waals surface area contributed by atoms with Crippen molar-refractivity contribution >= 4 is 0 Å². The minimum Gasteiger partial charge on any atom is -0.257 e. The molecule has 0 amide bonds. The van der Waals surface area contributed by atoms with Crippen LogP contribution in [0.1, 0.15) is 38.1 Å². The Bertz CT molecular complexity index is 486. The van der Waals surface area contributed by atoms with Crippen molar-refractivity contribution < 1.29 is 0 Å². The molecule has 0 atom stereocenters. The van der Waals surface area contributed by atoms with Crippen LogP contribution in [-0.2, 0) is 6.42 Å². The van der Waals surface area contributed by atoms with Gasteiger partial charge in [0.15, 0.2) is 0 Å². The summed E-state index contributed by atoms with van der Waals surface area (Å²) in [6.07, 6.45) is 0.977. The molecule has 1 heterocycles. The van der Waals surface area contributed by atoms with Gasteiger partial charge in [0.05, 0.1) is 0 Å². The maximum absolute atomic E-state index is 4.77. The summed E-state index contributed by atoms with van der Waals surface area (Å²) in [5.74, 6) is 0.491. The maximum atomic E-state index is 4.77. The second-order valence-corrected chi connectivity index (χ2v) is 4.60. The Morgan fingerprint density at radius 1 is 1.00 bits per heavy atom. The molecule has 2 aromatic rings. The van der Waals surface area contributed by atoms with Crippen molar-refractivity contribution in [1.82, 2.24) is 4.98 Å². The lowest BCUT2D eigenvalue weighted by Gasteiger charge is -2.11. The first-order valence-electron chi connectivity index (χ1n) is 6.27. The molecule has 0 radical (unpaired) electrons. The van der Waals surface area contributed by atoms with Gasteiger partial charge in [-0.15, -0.1) is 0 Å². The molecule has 0 fully saturated rings. The molecule has 88 valence electrons. The fourth-order valence-corrected chi connectivity index (χ4v) is 1.99. The monoisotopic (exact) mass is 225 g/mol. The van der Waals surface area contributed by atoms with Gasteiger partial charge in [0.25, 0.3) is 0 Å². The van der Waals surface area contributed by atoms with Gasteiger partial charge in [0.2, 0.25) is 0 Å². The molecule has 0 aliphatic rings. The third kappa shape index (κ3) is 2.55. The van der Waals surface area contributed by atoms with Gasteiger partial charge in [-0.3, -0.25) is 4.98 Å². The van der Waals surface area contributed by atoms with Crippen LogP contribution in [0.15, 0.2) is 42.5 Å². The second-order valence-electron chi connectivity index (χ2n) is 4.60. The van der Waals surface area contributed by atoms with Crippen LogP contribution in [-0.4, -0.2) is 4.98 Å². The van der Waals surface area contributed by atoms with Crippen LogP contribution in [0.4, 0.5) is 0 Å². The zero-order valence-electron chi connectivity index (χ0n) is 10.8. The van der Waals surface area contributed by atoms with Crippen LogP contribution in [0.3, 0.4) is 0 Å². The molecule has 2 rings (SSSR count). The average Bonchev–Trinajstić information content (AvgIpc) is 2.39. The highest BCUT2D eigenvalue weighted by molar-refractivity contribution is 5.65. The van der Waals surface area contributed by atoms with Crippen LogP contribution >= 0.6 is 0 Å². The topological polar surface area (TPSA) is 12.9 Å². The van der Waals surface area contributed by atoms with Gasteiger partial charge in [-0.05, 0) is 24.0 Å². The lowest BCUT2D eigenvalue weighted by atomic mass is 10.0. The van der Waals surface area contributed by atoms with E-state index in [1.807, 2.05) is 6.07 Å². The highest BCUT2D eigenvalue weighted by Gasteiger charge is 2.08. The Labute approximate surface area is 104 Å². The Hall–Kier alpha value is -1.63. The van der Waals surface area contributed by atoms with E-state index >= 15 is 0 Å². The van der Waals surface area contributed by atoms with Crippen LogP contribution in [0.2, 0.25) is 0 Å². The Morgan fingerprint density at radius 3 is 2.29 bits per heavy atom. The largest absolute Gasteiger partial charge is 0.257 e. The third-order valence-corrected chi connectivity index (χ3v) is 3.01. The zero-order valence-corrected chi connectivity index (χ0v) is 10.8. The molecule has 1 heteroatoms. The Morgan fingerprint density at radius 2 is 1.71 bits per heavy atom. The summed E-state index contributed by atoms with van der Waals surface area (Å²) < 4.78 is 0. The fraction of sp³-hybridized carbons (Fsp3) is 0.312. The molecule has 0 aliphatic heterocycles. The molecule has 1 nitrogen and oxygen atoms in total. The van der Waals surface area contributed by atoms with E-state index in [2.05, 4.69) is 57.2 Å². The van der Waals surface area contributed by atoms with E-state index in [0.717, 1.165) is 6.42 Å². The SMILES string of the molecule is CCc1nc(C(C)C)ccc1-c1ccccc1. The van der Waals surface area contributed by atoms with E-state index in [-0.39, 0.29) is 0 Å². The minimum atomic E-state index is 0.491. The summed E-state index contributed by atoms with van der Waals surface area (Å²) in [4.78, 5) is 4.77. The predicted molar refractivity (Wildman–Crippen MR) is 73.1 cm³/mol. The third-order valence-electron chi connectivity index (χ3n) is 3.01. The molecule has 1 aromatic carbocycles. The maximum Gasteiger partial charge on any atom is 0.0482 e. The van der Waals surface area contributed by atoms with Crippen molar-refractivity contribution in [2.45, 2.75) is 33.1 Å². The number of aromatic nitrogens is 1. The first-order chi connectivity index (χ1) is 8.22. The van der Waals surface area contributed by atoms with E-state index in [1.54, 1.807) is 0 Å². The number of aryl methyl sites for hydroxylation is 1. The molecule has 0 saturated heterocycles. The molecule has 0 N–H and O–H groups in total. The van der Waals surface area contributed by atoms with Gasteiger partial charge in [0.1, 0.15) is 0 Å². The summed E-state index contributed by atoms with van der Waals surface area (Å²) >= 11 is 0. The van der Waals surface area contributed by atoms with E-state index < -0.39 is 0 Å². The van der Waals surface area contributed by atoms with Crippen molar-refractivity contribution in [3.8, 4) is 11.1 Å². The summed E-state index contributed by atoms with van der Waals surface area (Å²) in [5.41, 5.74) is 4.90. The number of benzene rings is 1.